The predicted octanol–water partition coefficient (Wildman–Crippen LogP) is 4.14. The Balaban J connectivity index is 2.19. The zero-order valence-corrected chi connectivity index (χ0v) is 14.5. The maximum Gasteiger partial charge on any atom is 0.255 e. The summed E-state index contributed by atoms with van der Waals surface area (Å²) in [4.78, 5) is 14.3. The van der Waals surface area contributed by atoms with Gasteiger partial charge in [0.15, 0.2) is 0 Å². The quantitative estimate of drug-likeness (QED) is 0.473. The molecule has 2 atom stereocenters. The van der Waals surface area contributed by atoms with Gasteiger partial charge in [0.1, 0.15) is 0 Å². The number of likely N-dealkylation sites (tertiary alicyclic amines) is 1. The van der Waals surface area contributed by atoms with Gasteiger partial charge in [0.2, 0.25) is 0 Å². The van der Waals surface area contributed by atoms with Gasteiger partial charge < -0.3 is 4.90 Å². The van der Waals surface area contributed by atoms with Crippen LogP contribution in [-0.2, 0) is 0 Å². The fraction of sp³-hybridized carbons (Fsp3) is 0.462. The summed E-state index contributed by atoms with van der Waals surface area (Å²) >= 11 is 11.9. The molecule has 1 amide bonds. The molecule has 0 aliphatic carbocycles. The molecule has 2 nitrogen and oxygen atoms in total. The minimum atomic E-state index is 0.0625. The van der Waals surface area contributed by atoms with Crippen LogP contribution in [0.25, 0.3) is 0 Å². The maximum atomic E-state index is 12.5. The number of piperidine rings is 1. The molecule has 1 fully saturated rings. The van der Waals surface area contributed by atoms with Crippen LogP contribution >= 0.6 is 50.1 Å². The zero-order chi connectivity index (χ0) is 13.3. The van der Waals surface area contributed by atoms with E-state index in [1.807, 2.05) is 23.1 Å². The Hall–Kier alpha value is 0.190. The number of rotatable bonds is 1. The average molecular weight is 443 g/mol. The zero-order valence-electron chi connectivity index (χ0n) is 10.00. The van der Waals surface area contributed by atoms with Crippen LogP contribution in [0.3, 0.4) is 0 Å². The Morgan fingerprint density at radius 1 is 1.56 bits per heavy atom. The fourth-order valence-corrected chi connectivity index (χ4v) is 3.26. The Morgan fingerprint density at radius 2 is 2.28 bits per heavy atom. The first-order chi connectivity index (χ1) is 8.49. The molecule has 0 radical (unpaired) electrons. The number of hydrogen-bond acceptors (Lipinski definition) is 1. The molecule has 1 aromatic carbocycles. The Kier molecular flexibility index (Phi) is 4.94. The van der Waals surface area contributed by atoms with Crippen LogP contribution in [0.2, 0.25) is 0 Å². The summed E-state index contributed by atoms with van der Waals surface area (Å²) in [5, 5.41) is 0.0625. The van der Waals surface area contributed by atoms with Crippen LogP contribution in [0.5, 0.6) is 0 Å². The highest BCUT2D eigenvalue weighted by molar-refractivity contribution is 14.1. The number of amides is 1. The van der Waals surface area contributed by atoms with Gasteiger partial charge in [-0.2, -0.15) is 0 Å². The van der Waals surface area contributed by atoms with E-state index in [1.54, 1.807) is 0 Å². The third kappa shape index (κ3) is 3.20. The second-order valence-electron chi connectivity index (χ2n) is 4.66. The summed E-state index contributed by atoms with van der Waals surface area (Å²) < 4.78 is 1.91. The highest BCUT2D eigenvalue weighted by atomic mass is 127. The van der Waals surface area contributed by atoms with Crippen molar-refractivity contribution in [2.24, 2.45) is 5.92 Å². The molecular weight excluding hydrogens is 428 g/mol. The predicted molar refractivity (Wildman–Crippen MR) is 86.2 cm³/mol. The van der Waals surface area contributed by atoms with Crippen molar-refractivity contribution in [1.29, 1.82) is 0 Å². The monoisotopic (exact) mass is 441 g/mol. The summed E-state index contributed by atoms with van der Waals surface area (Å²) in [6.45, 7) is 3.58. The van der Waals surface area contributed by atoms with Crippen LogP contribution in [0.1, 0.15) is 23.7 Å². The largest absolute Gasteiger partial charge is 0.337 e. The first-order valence-corrected chi connectivity index (χ1v) is 8.18. The standard InChI is InChI=1S/C13H14BrClINO/c1-8-4-5-17(7-11(8)15)13(18)10-6-9(14)2-3-12(10)16/h2-3,6,8,11H,4-5,7H2,1H3. The molecule has 1 heterocycles. The summed E-state index contributed by atoms with van der Waals surface area (Å²) in [6, 6.07) is 5.77. The van der Waals surface area contributed by atoms with E-state index in [9.17, 15) is 4.79 Å². The van der Waals surface area contributed by atoms with Gasteiger partial charge in [0.05, 0.1) is 10.9 Å². The first kappa shape index (κ1) is 14.6. The van der Waals surface area contributed by atoms with E-state index in [-0.39, 0.29) is 11.3 Å². The molecule has 5 heteroatoms. The summed E-state index contributed by atoms with van der Waals surface area (Å²) in [7, 11) is 0. The maximum absolute atomic E-state index is 12.5. The minimum absolute atomic E-state index is 0.0625. The van der Waals surface area contributed by atoms with Gasteiger partial charge in [-0.1, -0.05) is 22.9 Å². The summed E-state index contributed by atoms with van der Waals surface area (Å²) in [6.07, 6.45) is 0.977. The van der Waals surface area contributed by atoms with Crippen LogP contribution in [-0.4, -0.2) is 29.3 Å². The Labute approximate surface area is 134 Å². The molecule has 0 aromatic heterocycles. The molecule has 2 rings (SSSR count). The van der Waals surface area contributed by atoms with Crippen molar-refractivity contribution >= 4 is 56.0 Å². The lowest BCUT2D eigenvalue weighted by Gasteiger charge is -2.34. The van der Waals surface area contributed by atoms with E-state index in [2.05, 4.69) is 45.4 Å². The SMILES string of the molecule is CC1CCN(C(=O)c2cc(Br)ccc2I)CC1Cl. The minimum Gasteiger partial charge on any atom is -0.337 e. The van der Waals surface area contributed by atoms with E-state index in [4.69, 9.17) is 11.6 Å². The fourth-order valence-electron chi connectivity index (χ4n) is 2.04. The van der Waals surface area contributed by atoms with Gasteiger partial charge in [-0.25, -0.2) is 0 Å². The molecule has 0 bridgehead atoms. The molecule has 1 aromatic rings. The van der Waals surface area contributed by atoms with Gasteiger partial charge in [-0.05, 0) is 53.1 Å². The van der Waals surface area contributed by atoms with Crippen molar-refractivity contribution in [2.45, 2.75) is 18.7 Å². The number of alkyl halides is 1. The lowest BCUT2D eigenvalue weighted by Crippen LogP contribution is -2.44. The van der Waals surface area contributed by atoms with Crippen LogP contribution < -0.4 is 0 Å². The van der Waals surface area contributed by atoms with E-state index < -0.39 is 0 Å². The van der Waals surface area contributed by atoms with Crippen molar-refractivity contribution in [3.05, 3.63) is 31.8 Å². The normalized spacial score (nSPS) is 24.1. The molecule has 0 spiro atoms. The number of carbonyl (C=O) groups excluding carboxylic acids is 1. The lowest BCUT2D eigenvalue weighted by molar-refractivity contribution is 0.0700. The molecule has 1 saturated heterocycles. The third-order valence-corrected chi connectivity index (χ3v) is 5.31. The second-order valence-corrected chi connectivity index (χ2v) is 7.30. The van der Waals surface area contributed by atoms with E-state index >= 15 is 0 Å². The third-order valence-electron chi connectivity index (χ3n) is 3.31. The smallest absolute Gasteiger partial charge is 0.255 e. The van der Waals surface area contributed by atoms with Crippen molar-refractivity contribution in [3.63, 3.8) is 0 Å². The van der Waals surface area contributed by atoms with E-state index in [1.165, 1.54) is 0 Å². The van der Waals surface area contributed by atoms with Crippen molar-refractivity contribution in [2.75, 3.05) is 13.1 Å². The van der Waals surface area contributed by atoms with Crippen molar-refractivity contribution in [1.82, 2.24) is 4.90 Å². The van der Waals surface area contributed by atoms with Crippen molar-refractivity contribution in [3.8, 4) is 0 Å². The van der Waals surface area contributed by atoms with Gasteiger partial charge >= 0.3 is 0 Å². The molecule has 0 saturated carbocycles. The average Bonchev–Trinajstić information content (AvgIpc) is 2.35. The van der Waals surface area contributed by atoms with Crippen LogP contribution in [0.4, 0.5) is 0 Å². The molecule has 1 aliphatic heterocycles. The van der Waals surface area contributed by atoms with Crippen LogP contribution in [0.15, 0.2) is 22.7 Å². The van der Waals surface area contributed by atoms with Gasteiger partial charge in [-0.15, -0.1) is 11.6 Å². The molecule has 98 valence electrons. The topological polar surface area (TPSA) is 20.3 Å². The van der Waals surface area contributed by atoms with Crippen molar-refractivity contribution < 1.29 is 4.79 Å². The number of carbonyl (C=O) groups is 1. The lowest BCUT2D eigenvalue weighted by atomic mass is 9.98. The van der Waals surface area contributed by atoms with Gasteiger partial charge in [-0.3, -0.25) is 4.79 Å². The number of benzene rings is 1. The van der Waals surface area contributed by atoms with Gasteiger partial charge in [0.25, 0.3) is 5.91 Å². The molecule has 0 N–H and O–H groups in total. The molecule has 2 unspecified atom stereocenters. The van der Waals surface area contributed by atoms with Gasteiger partial charge in [0, 0.05) is 21.1 Å². The van der Waals surface area contributed by atoms with E-state index in [0.29, 0.717) is 12.5 Å². The number of hydrogen-bond donors (Lipinski definition) is 0. The molecule has 1 aliphatic rings. The summed E-state index contributed by atoms with van der Waals surface area (Å²) in [5.74, 6) is 0.565. The first-order valence-electron chi connectivity index (χ1n) is 5.87. The van der Waals surface area contributed by atoms with Crippen LogP contribution in [0, 0.1) is 9.49 Å². The highest BCUT2D eigenvalue weighted by Crippen LogP contribution is 2.25. The van der Waals surface area contributed by atoms with E-state index in [0.717, 1.165) is 26.6 Å². The Morgan fingerprint density at radius 3 is 2.94 bits per heavy atom. The second kappa shape index (κ2) is 6.09. The molecule has 18 heavy (non-hydrogen) atoms. The number of halogens is 3. The summed E-state index contributed by atoms with van der Waals surface area (Å²) in [5.41, 5.74) is 0.753. The highest BCUT2D eigenvalue weighted by Gasteiger charge is 2.28. The molecular formula is C13H14BrClINO. The number of nitrogens with zero attached hydrogens (tertiary/aromatic N) is 1. The Bertz CT molecular complexity index is 468.